The van der Waals surface area contributed by atoms with E-state index in [9.17, 15) is 4.79 Å². The maximum atomic E-state index is 12.3. The van der Waals surface area contributed by atoms with Gasteiger partial charge in [-0.05, 0) is 34.6 Å². The summed E-state index contributed by atoms with van der Waals surface area (Å²) in [5, 5.41) is 3.41. The predicted molar refractivity (Wildman–Crippen MR) is 108 cm³/mol. The molecule has 2 aliphatic heterocycles. The van der Waals surface area contributed by atoms with E-state index < -0.39 is 5.60 Å². The number of nitrogens with zero attached hydrogens (tertiary/aromatic N) is 4. The summed E-state index contributed by atoms with van der Waals surface area (Å²) in [4.78, 5) is 25.5. The number of aliphatic imine (C=N–C) groups is 1. The van der Waals surface area contributed by atoms with Crippen LogP contribution in [0.4, 0.5) is 4.79 Å². The van der Waals surface area contributed by atoms with E-state index >= 15 is 0 Å². The minimum Gasteiger partial charge on any atom is -0.496 e. The zero-order chi connectivity index (χ0) is 20.5. The number of fused-ring (bicyclic) bond motifs is 1. The van der Waals surface area contributed by atoms with Crippen molar-refractivity contribution in [1.29, 1.82) is 0 Å². The fourth-order valence-electron chi connectivity index (χ4n) is 3.63. The molecule has 0 bridgehead atoms. The molecule has 1 aromatic heterocycles. The molecule has 8 nitrogen and oxygen atoms in total. The molecule has 1 amide bonds. The Morgan fingerprint density at radius 2 is 2.07 bits per heavy atom. The molecule has 0 aliphatic carbocycles. The minimum atomic E-state index is -0.479. The lowest BCUT2D eigenvalue weighted by Crippen LogP contribution is -2.57. The van der Waals surface area contributed by atoms with Gasteiger partial charge in [0.25, 0.3) is 0 Å². The molecule has 1 unspecified atom stereocenters. The lowest BCUT2D eigenvalue weighted by Gasteiger charge is -2.39. The molecule has 154 valence electrons. The number of carbonyl (C=O) groups excluding carboxylic acids is 1. The number of hydrogen-bond acceptors (Lipinski definition) is 7. The van der Waals surface area contributed by atoms with Crippen LogP contribution < -0.4 is 10.1 Å². The Morgan fingerprint density at radius 3 is 2.75 bits per heavy atom. The summed E-state index contributed by atoms with van der Waals surface area (Å²) in [6.07, 6.45) is 1.59. The van der Waals surface area contributed by atoms with Gasteiger partial charge in [-0.15, -0.1) is 0 Å². The molecule has 0 aromatic carbocycles. The van der Waals surface area contributed by atoms with E-state index in [1.165, 1.54) is 0 Å². The van der Waals surface area contributed by atoms with Crippen LogP contribution in [-0.2, 0) is 11.3 Å². The van der Waals surface area contributed by atoms with Gasteiger partial charge in [-0.3, -0.25) is 9.98 Å². The molecule has 1 atom stereocenters. The number of methoxy groups -OCH3 is 1. The van der Waals surface area contributed by atoms with Crippen molar-refractivity contribution in [2.75, 3.05) is 33.3 Å². The number of amides is 1. The van der Waals surface area contributed by atoms with Gasteiger partial charge < -0.3 is 24.6 Å². The van der Waals surface area contributed by atoms with Crippen LogP contribution in [0, 0.1) is 13.8 Å². The van der Waals surface area contributed by atoms with Crippen LogP contribution >= 0.6 is 0 Å². The van der Waals surface area contributed by atoms with Crippen LogP contribution in [0.5, 0.6) is 5.75 Å². The van der Waals surface area contributed by atoms with Crippen molar-refractivity contribution in [2.24, 2.45) is 4.99 Å². The zero-order valence-electron chi connectivity index (χ0n) is 17.7. The predicted octanol–water partition coefficient (Wildman–Crippen LogP) is 2.09. The van der Waals surface area contributed by atoms with Crippen LogP contribution in [0.3, 0.4) is 0 Å². The van der Waals surface area contributed by atoms with E-state index in [4.69, 9.17) is 9.47 Å². The molecule has 3 rings (SSSR count). The summed E-state index contributed by atoms with van der Waals surface area (Å²) in [6.45, 7) is 12.9. The Hall–Kier alpha value is -2.51. The smallest absolute Gasteiger partial charge is 0.410 e. The standard InChI is InChI=1S/C20H31N5O3/c1-13-9-21-16(14(2)17(13)27-6)11-23-18-22-10-15-12-24(7-8-25(15)18)19(26)28-20(3,4)5/h9,15H,7-8,10-12H2,1-6H3,(H,22,23). The number of carbonyl (C=O) groups is 1. The number of aromatic nitrogens is 1. The molecule has 8 heteroatoms. The summed E-state index contributed by atoms with van der Waals surface area (Å²) in [5.41, 5.74) is 2.54. The molecular formula is C20H31N5O3. The molecular weight excluding hydrogens is 358 g/mol. The highest BCUT2D eigenvalue weighted by atomic mass is 16.6. The monoisotopic (exact) mass is 389 g/mol. The van der Waals surface area contributed by atoms with Crippen molar-refractivity contribution >= 4 is 12.1 Å². The summed E-state index contributed by atoms with van der Waals surface area (Å²) < 4.78 is 11.0. The van der Waals surface area contributed by atoms with Crippen LogP contribution in [0.15, 0.2) is 11.2 Å². The fourth-order valence-corrected chi connectivity index (χ4v) is 3.63. The first-order valence-corrected chi connectivity index (χ1v) is 9.71. The lowest BCUT2D eigenvalue weighted by atomic mass is 10.1. The fraction of sp³-hybridized carbons (Fsp3) is 0.650. The quantitative estimate of drug-likeness (QED) is 0.853. The summed E-state index contributed by atoms with van der Waals surface area (Å²) in [7, 11) is 1.68. The third-order valence-corrected chi connectivity index (χ3v) is 5.02. The van der Waals surface area contributed by atoms with Gasteiger partial charge in [0.15, 0.2) is 5.96 Å². The average molecular weight is 390 g/mol. The second-order valence-electron chi connectivity index (χ2n) is 8.34. The van der Waals surface area contributed by atoms with E-state index in [0.29, 0.717) is 26.2 Å². The highest BCUT2D eigenvalue weighted by Gasteiger charge is 2.36. The van der Waals surface area contributed by atoms with Crippen LogP contribution in [0.1, 0.15) is 37.6 Å². The molecule has 3 heterocycles. The van der Waals surface area contributed by atoms with Crippen LogP contribution in [0.25, 0.3) is 0 Å². The Bertz CT molecular complexity index is 772. The van der Waals surface area contributed by atoms with Gasteiger partial charge in [0.2, 0.25) is 0 Å². The molecule has 1 saturated heterocycles. The van der Waals surface area contributed by atoms with Crippen molar-refractivity contribution in [1.82, 2.24) is 20.1 Å². The minimum absolute atomic E-state index is 0.186. The Balaban J connectivity index is 1.58. The van der Waals surface area contributed by atoms with Gasteiger partial charge in [0, 0.05) is 37.0 Å². The van der Waals surface area contributed by atoms with Crippen molar-refractivity contribution in [3.05, 3.63) is 23.0 Å². The van der Waals surface area contributed by atoms with Crippen LogP contribution in [0.2, 0.25) is 0 Å². The van der Waals surface area contributed by atoms with Gasteiger partial charge in [-0.25, -0.2) is 4.79 Å². The number of rotatable bonds is 3. The van der Waals surface area contributed by atoms with Crippen LogP contribution in [-0.4, -0.2) is 71.8 Å². The van der Waals surface area contributed by atoms with E-state index in [1.54, 1.807) is 12.0 Å². The topological polar surface area (TPSA) is 79.3 Å². The van der Waals surface area contributed by atoms with E-state index in [2.05, 4.69) is 20.2 Å². The molecule has 28 heavy (non-hydrogen) atoms. The first kappa shape index (κ1) is 20.2. The Morgan fingerprint density at radius 1 is 1.32 bits per heavy atom. The molecule has 1 N–H and O–H groups in total. The highest BCUT2D eigenvalue weighted by molar-refractivity contribution is 5.82. The van der Waals surface area contributed by atoms with Gasteiger partial charge in [0.05, 0.1) is 31.9 Å². The number of pyridine rings is 1. The number of guanidine groups is 1. The van der Waals surface area contributed by atoms with E-state index in [1.807, 2.05) is 40.8 Å². The summed E-state index contributed by atoms with van der Waals surface area (Å²) >= 11 is 0. The number of aryl methyl sites for hydroxylation is 1. The number of ether oxygens (including phenoxy) is 2. The molecule has 0 radical (unpaired) electrons. The van der Waals surface area contributed by atoms with Crippen molar-refractivity contribution in [3.8, 4) is 5.75 Å². The van der Waals surface area contributed by atoms with Gasteiger partial charge in [0.1, 0.15) is 11.4 Å². The maximum Gasteiger partial charge on any atom is 0.410 e. The number of hydrogen-bond donors (Lipinski definition) is 1. The highest BCUT2D eigenvalue weighted by Crippen LogP contribution is 2.24. The Kier molecular flexibility index (Phi) is 5.67. The molecule has 0 saturated carbocycles. The molecule has 1 aromatic rings. The molecule has 2 aliphatic rings. The summed E-state index contributed by atoms with van der Waals surface area (Å²) in [5.74, 6) is 1.75. The molecule has 0 spiro atoms. The second-order valence-corrected chi connectivity index (χ2v) is 8.34. The molecule has 1 fully saturated rings. The number of nitrogens with one attached hydrogen (secondary N) is 1. The normalized spacial score (nSPS) is 19.2. The van der Waals surface area contributed by atoms with E-state index in [-0.39, 0.29) is 12.1 Å². The maximum absolute atomic E-state index is 12.3. The average Bonchev–Trinajstić information content (AvgIpc) is 3.02. The van der Waals surface area contributed by atoms with Crippen molar-refractivity contribution in [3.63, 3.8) is 0 Å². The zero-order valence-corrected chi connectivity index (χ0v) is 17.7. The third-order valence-electron chi connectivity index (χ3n) is 5.02. The SMILES string of the molecule is COc1c(C)cnc(CNC2=NCC3CN(C(=O)OC(C)(C)C)CCN23)c1C. The van der Waals surface area contributed by atoms with Gasteiger partial charge >= 0.3 is 6.09 Å². The van der Waals surface area contributed by atoms with E-state index in [0.717, 1.165) is 35.1 Å². The lowest BCUT2D eigenvalue weighted by molar-refractivity contribution is 0.0137. The largest absolute Gasteiger partial charge is 0.496 e. The Labute approximate surface area is 166 Å². The van der Waals surface area contributed by atoms with Gasteiger partial charge in [-0.2, -0.15) is 0 Å². The van der Waals surface area contributed by atoms with Gasteiger partial charge in [-0.1, -0.05) is 0 Å². The summed E-state index contributed by atoms with van der Waals surface area (Å²) in [6, 6.07) is 0.186. The first-order chi connectivity index (χ1) is 13.2. The second kappa shape index (κ2) is 7.85. The third kappa shape index (κ3) is 4.31. The van der Waals surface area contributed by atoms with Crippen molar-refractivity contribution in [2.45, 2.75) is 52.8 Å². The first-order valence-electron chi connectivity index (χ1n) is 9.71. The number of piperazine rings is 1. The van der Waals surface area contributed by atoms with Crippen molar-refractivity contribution < 1.29 is 14.3 Å².